The van der Waals surface area contributed by atoms with Crippen LogP contribution in [0.25, 0.3) is 0 Å². The quantitative estimate of drug-likeness (QED) is 0.880. The smallest absolute Gasteiger partial charge is 0.410 e. The number of carbonyl (C=O) groups excluding carboxylic acids is 1. The van der Waals surface area contributed by atoms with Crippen molar-refractivity contribution in [3.05, 3.63) is 29.8 Å². The number of amides is 1. The maximum atomic E-state index is 12.3. The molecule has 1 aromatic rings. The van der Waals surface area contributed by atoms with E-state index in [1.54, 1.807) is 0 Å². The van der Waals surface area contributed by atoms with Gasteiger partial charge in [0.2, 0.25) is 0 Å². The molecular formula is C19H30N2O2. The second kappa shape index (κ2) is 7.24. The van der Waals surface area contributed by atoms with E-state index in [2.05, 4.69) is 43.4 Å². The number of nitrogens with one attached hydrogen (secondary N) is 1. The molecule has 2 rings (SSSR count). The Bertz CT molecular complexity index is 517. The third-order valence-electron chi connectivity index (χ3n) is 4.12. The van der Waals surface area contributed by atoms with Gasteiger partial charge in [-0.05, 0) is 57.2 Å². The van der Waals surface area contributed by atoms with Crippen LogP contribution in [0.2, 0.25) is 0 Å². The number of benzene rings is 1. The molecule has 0 aromatic heterocycles. The van der Waals surface area contributed by atoms with Crippen LogP contribution in [0.5, 0.6) is 0 Å². The van der Waals surface area contributed by atoms with Crippen LogP contribution in [0, 0.1) is 0 Å². The van der Waals surface area contributed by atoms with E-state index in [1.165, 1.54) is 5.56 Å². The summed E-state index contributed by atoms with van der Waals surface area (Å²) in [5, 5.41) is 3.45. The largest absolute Gasteiger partial charge is 0.444 e. The van der Waals surface area contributed by atoms with Crippen LogP contribution in [0.15, 0.2) is 24.3 Å². The lowest BCUT2D eigenvalue weighted by Crippen LogP contribution is -2.42. The lowest BCUT2D eigenvalue weighted by atomic mass is 10.0. The Morgan fingerprint density at radius 3 is 2.52 bits per heavy atom. The molecule has 1 saturated heterocycles. The Kier molecular flexibility index (Phi) is 5.55. The Hall–Kier alpha value is -1.71. The fourth-order valence-corrected chi connectivity index (χ4v) is 2.83. The summed E-state index contributed by atoms with van der Waals surface area (Å²) in [5.41, 5.74) is 2.00. The topological polar surface area (TPSA) is 41.6 Å². The van der Waals surface area contributed by atoms with Gasteiger partial charge in [0.05, 0.1) is 6.04 Å². The molecule has 1 fully saturated rings. The minimum absolute atomic E-state index is 0.197. The molecule has 128 valence electrons. The van der Waals surface area contributed by atoms with E-state index < -0.39 is 5.60 Å². The Morgan fingerprint density at radius 2 is 1.96 bits per heavy atom. The summed E-state index contributed by atoms with van der Waals surface area (Å²) >= 11 is 0. The van der Waals surface area contributed by atoms with E-state index in [-0.39, 0.29) is 12.1 Å². The predicted octanol–water partition coefficient (Wildman–Crippen LogP) is 4.62. The lowest BCUT2D eigenvalue weighted by Gasteiger charge is -2.29. The molecule has 0 spiro atoms. The Morgan fingerprint density at radius 1 is 1.30 bits per heavy atom. The molecule has 0 radical (unpaired) electrons. The van der Waals surface area contributed by atoms with Crippen LogP contribution in [-0.4, -0.2) is 35.7 Å². The highest BCUT2D eigenvalue weighted by atomic mass is 16.6. The molecule has 0 saturated carbocycles. The molecule has 1 heterocycles. The highest BCUT2D eigenvalue weighted by molar-refractivity contribution is 5.69. The van der Waals surface area contributed by atoms with Crippen molar-refractivity contribution in [3.8, 4) is 0 Å². The number of hydrogen-bond donors (Lipinski definition) is 1. The molecule has 4 heteroatoms. The van der Waals surface area contributed by atoms with Crippen LogP contribution in [0.1, 0.15) is 58.9 Å². The molecule has 23 heavy (non-hydrogen) atoms. The van der Waals surface area contributed by atoms with Crippen molar-refractivity contribution in [2.75, 3.05) is 18.4 Å². The van der Waals surface area contributed by atoms with Crippen LogP contribution < -0.4 is 5.32 Å². The van der Waals surface area contributed by atoms with E-state index in [0.29, 0.717) is 5.92 Å². The lowest BCUT2D eigenvalue weighted by molar-refractivity contribution is 0.0235. The van der Waals surface area contributed by atoms with Crippen molar-refractivity contribution in [3.63, 3.8) is 0 Å². The number of likely N-dealkylation sites (tertiary alicyclic amines) is 1. The van der Waals surface area contributed by atoms with Gasteiger partial charge in [-0.1, -0.05) is 26.0 Å². The first-order valence-electron chi connectivity index (χ1n) is 8.60. The minimum atomic E-state index is -0.440. The van der Waals surface area contributed by atoms with Crippen LogP contribution in [-0.2, 0) is 4.74 Å². The minimum Gasteiger partial charge on any atom is -0.444 e. The van der Waals surface area contributed by atoms with Gasteiger partial charge in [-0.3, -0.25) is 0 Å². The summed E-state index contributed by atoms with van der Waals surface area (Å²) in [4.78, 5) is 14.1. The Labute approximate surface area is 140 Å². The van der Waals surface area contributed by atoms with Crippen molar-refractivity contribution in [1.29, 1.82) is 0 Å². The first-order chi connectivity index (χ1) is 10.8. The van der Waals surface area contributed by atoms with Crippen molar-refractivity contribution >= 4 is 11.8 Å². The molecule has 0 aliphatic carbocycles. The highest BCUT2D eigenvalue weighted by Gasteiger charge is 2.31. The zero-order chi connectivity index (χ0) is 17.0. The standard InChI is InChI=1S/C19H30N2O2/c1-14(2)15-8-10-16(11-9-15)20-13-17-7-6-12-21(17)18(22)23-19(3,4)5/h8-11,14,17,20H,6-7,12-13H2,1-5H3. The zero-order valence-corrected chi connectivity index (χ0v) is 15.1. The second-order valence-corrected chi connectivity index (χ2v) is 7.63. The van der Waals surface area contributed by atoms with Gasteiger partial charge in [-0.2, -0.15) is 0 Å². The van der Waals surface area contributed by atoms with Gasteiger partial charge in [0.25, 0.3) is 0 Å². The van der Waals surface area contributed by atoms with Gasteiger partial charge in [0.15, 0.2) is 0 Å². The van der Waals surface area contributed by atoms with E-state index in [0.717, 1.165) is 31.6 Å². The second-order valence-electron chi connectivity index (χ2n) is 7.63. The maximum Gasteiger partial charge on any atom is 0.410 e. The number of hydrogen-bond acceptors (Lipinski definition) is 3. The first kappa shape index (κ1) is 17.6. The fourth-order valence-electron chi connectivity index (χ4n) is 2.83. The van der Waals surface area contributed by atoms with E-state index in [4.69, 9.17) is 4.74 Å². The van der Waals surface area contributed by atoms with Crippen molar-refractivity contribution in [2.45, 2.75) is 65.0 Å². The van der Waals surface area contributed by atoms with Gasteiger partial charge in [0, 0.05) is 18.8 Å². The summed E-state index contributed by atoms with van der Waals surface area (Å²) in [6.07, 6.45) is 1.87. The van der Waals surface area contributed by atoms with Gasteiger partial charge in [-0.25, -0.2) is 4.79 Å². The van der Waals surface area contributed by atoms with Crippen LogP contribution in [0.3, 0.4) is 0 Å². The molecule has 1 amide bonds. The van der Waals surface area contributed by atoms with Crippen molar-refractivity contribution < 1.29 is 9.53 Å². The number of ether oxygens (including phenoxy) is 1. The molecular weight excluding hydrogens is 288 g/mol. The monoisotopic (exact) mass is 318 g/mol. The van der Waals surface area contributed by atoms with Crippen molar-refractivity contribution in [1.82, 2.24) is 4.90 Å². The average Bonchev–Trinajstić information content (AvgIpc) is 2.92. The normalized spacial score (nSPS) is 18.3. The summed E-state index contributed by atoms with van der Waals surface area (Å²) < 4.78 is 5.51. The third-order valence-corrected chi connectivity index (χ3v) is 4.12. The number of anilines is 1. The third kappa shape index (κ3) is 5.15. The summed E-state index contributed by atoms with van der Waals surface area (Å²) in [6, 6.07) is 8.75. The van der Waals surface area contributed by atoms with Crippen molar-refractivity contribution in [2.24, 2.45) is 0 Å². The molecule has 1 aromatic carbocycles. The van der Waals surface area contributed by atoms with Crippen LogP contribution >= 0.6 is 0 Å². The highest BCUT2D eigenvalue weighted by Crippen LogP contribution is 2.22. The van der Waals surface area contributed by atoms with Gasteiger partial charge >= 0.3 is 6.09 Å². The summed E-state index contributed by atoms with van der Waals surface area (Å²) in [5.74, 6) is 0.543. The Balaban J connectivity index is 1.90. The zero-order valence-electron chi connectivity index (χ0n) is 15.1. The van der Waals surface area contributed by atoms with E-state index in [9.17, 15) is 4.79 Å². The molecule has 1 aliphatic heterocycles. The van der Waals surface area contributed by atoms with Gasteiger partial charge < -0.3 is 15.0 Å². The molecule has 0 bridgehead atoms. The number of nitrogens with zero attached hydrogens (tertiary/aromatic N) is 1. The predicted molar refractivity (Wildman–Crippen MR) is 95.0 cm³/mol. The summed E-state index contributed by atoms with van der Waals surface area (Å²) in [7, 11) is 0. The molecule has 4 nitrogen and oxygen atoms in total. The average molecular weight is 318 g/mol. The fraction of sp³-hybridized carbons (Fsp3) is 0.632. The number of rotatable bonds is 4. The maximum absolute atomic E-state index is 12.3. The molecule has 1 atom stereocenters. The van der Waals surface area contributed by atoms with E-state index in [1.807, 2.05) is 25.7 Å². The molecule has 1 unspecified atom stereocenters. The number of carbonyl (C=O) groups is 1. The first-order valence-corrected chi connectivity index (χ1v) is 8.60. The SMILES string of the molecule is CC(C)c1ccc(NCC2CCCN2C(=O)OC(C)(C)C)cc1. The summed E-state index contributed by atoms with van der Waals surface area (Å²) in [6.45, 7) is 11.7. The molecule has 1 N–H and O–H groups in total. The van der Waals surface area contributed by atoms with Gasteiger partial charge in [0.1, 0.15) is 5.60 Å². The van der Waals surface area contributed by atoms with Crippen LogP contribution in [0.4, 0.5) is 10.5 Å². The van der Waals surface area contributed by atoms with E-state index >= 15 is 0 Å². The van der Waals surface area contributed by atoms with Gasteiger partial charge in [-0.15, -0.1) is 0 Å². The molecule has 1 aliphatic rings.